The number of hydrogen-bond acceptors (Lipinski definition) is 5. The van der Waals surface area contributed by atoms with Crippen molar-refractivity contribution in [3.8, 4) is 0 Å². The minimum absolute atomic E-state index is 0.00443. The molecule has 0 radical (unpaired) electrons. The number of aliphatic hydroxyl groups is 2. The topological polar surface area (TPSA) is 95.9 Å². The Morgan fingerprint density at radius 3 is 1.03 bits per heavy atom. The summed E-state index contributed by atoms with van der Waals surface area (Å²) in [6.45, 7) is 4.96. The molecule has 0 aromatic carbocycles. The average molecular weight is 1060 g/mol. The quantitative estimate of drug-likeness (QED) is 0.0320. The van der Waals surface area contributed by atoms with Crippen LogP contribution in [0.25, 0.3) is 0 Å². The largest absolute Gasteiger partial charge is 0.466 e. The van der Waals surface area contributed by atoms with Gasteiger partial charge in [-0.3, -0.25) is 9.59 Å². The van der Waals surface area contributed by atoms with Crippen molar-refractivity contribution in [2.45, 2.75) is 392 Å². The summed E-state index contributed by atoms with van der Waals surface area (Å²) in [6.07, 6.45) is 80.7. The lowest BCUT2D eigenvalue weighted by molar-refractivity contribution is -0.143. The number of hydrogen-bond donors (Lipinski definition) is 3. The fourth-order valence-corrected chi connectivity index (χ4v) is 10.8. The third-order valence-corrected chi connectivity index (χ3v) is 16.0. The van der Waals surface area contributed by atoms with Crippen molar-refractivity contribution in [1.29, 1.82) is 0 Å². The van der Waals surface area contributed by atoms with Crippen LogP contribution in [-0.2, 0) is 14.3 Å². The second-order valence-corrected chi connectivity index (χ2v) is 23.5. The van der Waals surface area contributed by atoms with Crippen LogP contribution < -0.4 is 5.32 Å². The second kappa shape index (κ2) is 64.9. The van der Waals surface area contributed by atoms with E-state index < -0.39 is 12.1 Å². The Morgan fingerprint density at radius 1 is 0.373 bits per heavy atom. The number of carbonyl (C=O) groups is 2. The van der Waals surface area contributed by atoms with Crippen molar-refractivity contribution >= 4 is 11.9 Å². The maximum absolute atomic E-state index is 12.5. The predicted molar refractivity (Wildman–Crippen MR) is 329 cm³/mol. The summed E-state index contributed by atoms with van der Waals surface area (Å²) in [5.74, 6) is -0.0254. The highest BCUT2D eigenvalue weighted by Gasteiger charge is 2.20. The van der Waals surface area contributed by atoms with Crippen molar-refractivity contribution in [2.24, 2.45) is 0 Å². The van der Waals surface area contributed by atoms with Crippen LogP contribution in [-0.4, -0.2) is 47.4 Å². The first-order chi connectivity index (χ1) is 37.0. The van der Waals surface area contributed by atoms with Crippen LogP contribution in [0.2, 0.25) is 0 Å². The maximum Gasteiger partial charge on any atom is 0.305 e. The van der Waals surface area contributed by atoms with E-state index >= 15 is 0 Å². The van der Waals surface area contributed by atoms with Crippen LogP contribution in [0.15, 0.2) is 24.3 Å². The van der Waals surface area contributed by atoms with Gasteiger partial charge in [0.2, 0.25) is 5.91 Å². The minimum atomic E-state index is -0.663. The zero-order valence-corrected chi connectivity index (χ0v) is 50.8. The molecule has 2 atom stereocenters. The van der Waals surface area contributed by atoms with Gasteiger partial charge in [0.05, 0.1) is 25.4 Å². The summed E-state index contributed by atoms with van der Waals surface area (Å²) in [6, 6.07) is -0.540. The molecule has 0 aliphatic rings. The Labute approximate surface area is 469 Å². The summed E-state index contributed by atoms with van der Waals surface area (Å²) < 4.78 is 5.49. The number of nitrogens with one attached hydrogen (secondary N) is 1. The molecule has 0 spiro atoms. The molecule has 0 aromatic heterocycles. The van der Waals surface area contributed by atoms with E-state index in [1.54, 1.807) is 0 Å². The molecular formula is C69H133NO5. The van der Waals surface area contributed by atoms with Crippen LogP contribution in [0.1, 0.15) is 380 Å². The molecule has 0 rings (SSSR count). The molecular weight excluding hydrogens is 923 g/mol. The molecule has 0 fully saturated rings. The van der Waals surface area contributed by atoms with E-state index in [9.17, 15) is 19.8 Å². The Kier molecular flexibility index (Phi) is 63.4. The van der Waals surface area contributed by atoms with Gasteiger partial charge in [-0.05, 0) is 57.8 Å². The Balaban J connectivity index is 3.35. The number of aliphatic hydroxyl groups excluding tert-OH is 2. The van der Waals surface area contributed by atoms with Gasteiger partial charge in [0.1, 0.15) is 0 Å². The van der Waals surface area contributed by atoms with Gasteiger partial charge < -0.3 is 20.3 Å². The van der Waals surface area contributed by atoms with Crippen molar-refractivity contribution in [1.82, 2.24) is 5.32 Å². The lowest BCUT2D eigenvalue weighted by Crippen LogP contribution is -2.45. The minimum Gasteiger partial charge on any atom is -0.466 e. The van der Waals surface area contributed by atoms with Gasteiger partial charge in [-0.2, -0.15) is 0 Å². The van der Waals surface area contributed by atoms with E-state index in [4.69, 9.17) is 4.74 Å². The predicted octanol–water partition coefficient (Wildman–Crippen LogP) is 21.8. The van der Waals surface area contributed by atoms with Gasteiger partial charge in [0.15, 0.2) is 0 Å². The number of unbranched alkanes of at least 4 members (excludes halogenated alkanes) is 49. The third kappa shape index (κ3) is 61.4. The summed E-state index contributed by atoms with van der Waals surface area (Å²) in [5, 5.41) is 23.3. The first-order valence-corrected chi connectivity index (χ1v) is 34.1. The van der Waals surface area contributed by atoms with Crippen LogP contribution in [0, 0.1) is 0 Å². The lowest BCUT2D eigenvalue weighted by atomic mass is 10.0. The number of carbonyl (C=O) groups excluding carboxylic acids is 2. The van der Waals surface area contributed by atoms with Crippen LogP contribution in [0.5, 0.6) is 0 Å². The zero-order valence-electron chi connectivity index (χ0n) is 50.8. The van der Waals surface area contributed by atoms with Crippen LogP contribution in [0.3, 0.4) is 0 Å². The molecule has 2 unspecified atom stereocenters. The number of esters is 1. The molecule has 0 bridgehead atoms. The highest BCUT2D eigenvalue weighted by Crippen LogP contribution is 2.19. The van der Waals surface area contributed by atoms with E-state index in [1.807, 2.05) is 0 Å². The van der Waals surface area contributed by atoms with Gasteiger partial charge in [0.25, 0.3) is 0 Å². The van der Waals surface area contributed by atoms with Gasteiger partial charge in [-0.1, -0.05) is 334 Å². The SMILES string of the molecule is CCCCCC/C=C\C/C=C\CCCCCCCC(=O)OCCCCCCCCCCCCCCCCCCCCCCCCCCCCC(=O)NC(CO)C(O)CCCCCCCCCCCCCCCCCC. The molecule has 0 saturated carbocycles. The first-order valence-electron chi connectivity index (χ1n) is 34.1. The van der Waals surface area contributed by atoms with E-state index in [-0.39, 0.29) is 18.5 Å². The average Bonchev–Trinajstić information content (AvgIpc) is 3.41. The van der Waals surface area contributed by atoms with Gasteiger partial charge in [0, 0.05) is 12.8 Å². The summed E-state index contributed by atoms with van der Waals surface area (Å²) in [7, 11) is 0. The highest BCUT2D eigenvalue weighted by molar-refractivity contribution is 5.76. The normalized spacial score (nSPS) is 12.6. The Morgan fingerprint density at radius 2 is 0.667 bits per heavy atom. The fourth-order valence-electron chi connectivity index (χ4n) is 10.8. The molecule has 0 heterocycles. The van der Waals surface area contributed by atoms with Gasteiger partial charge in [-0.25, -0.2) is 0 Å². The molecule has 444 valence electrons. The van der Waals surface area contributed by atoms with Crippen molar-refractivity contribution in [2.75, 3.05) is 13.2 Å². The van der Waals surface area contributed by atoms with E-state index in [0.717, 1.165) is 51.4 Å². The molecule has 3 N–H and O–H groups in total. The van der Waals surface area contributed by atoms with Gasteiger partial charge in [-0.15, -0.1) is 0 Å². The molecule has 75 heavy (non-hydrogen) atoms. The van der Waals surface area contributed by atoms with E-state index in [0.29, 0.717) is 25.9 Å². The number of rotatable bonds is 64. The monoisotopic (exact) mass is 1060 g/mol. The van der Waals surface area contributed by atoms with E-state index in [1.165, 1.54) is 295 Å². The second-order valence-electron chi connectivity index (χ2n) is 23.5. The van der Waals surface area contributed by atoms with Crippen LogP contribution >= 0.6 is 0 Å². The molecule has 0 aromatic rings. The first kappa shape index (κ1) is 73.3. The van der Waals surface area contributed by atoms with Crippen molar-refractivity contribution in [3.63, 3.8) is 0 Å². The molecule has 6 nitrogen and oxygen atoms in total. The molecule has 6 heteroatoms. The third-order valence-electron chi connectivity index (χ3n) is 16.0. The summed E-state index contributed by atoms with van der Waals surface area (Å²) in [5.41, 5.74) is 0. The molecule has 0 saturated heterocycles. The summed E-state index contributed by atoms with van der Waals surface area (Å²) >= 11 is 0. The lowest BCUT2D eigenvalue weighted by Gasteiger charge is -2.22. The Hall–Kier alpha value is -1.66. The van der Waals surface area contributed by atoms with Crippen LogP contribution in [0.4, 0.5) is 0 Å². The summed E-state index contributed by atoms with van der Waals surface area (Å²) in [4.78, 5) is 24.6. The number of allylic oxidation sites excluding steroid dienone is 4. The molecule has 1 amide bonds. The highest BCUT2D eigenvalue weighted by atomic mass is 16.5. The van der Waals surface area contributed by atoms with Crippen molar-refractivity contribution < 1.29 is 24.5 Å². The standard InChI is InChI=1S/C69H133NO5/c1-3-5-7-9-11-13-15-17-19-33-37-41-45-49-53-57-61-67(72)66(65-71)70-68(73)62-58-54-50-46-42-38-34-31-29-27-25-23-21-22-24-26-28-30-32-36-40-44-48-52-56-60-64-75-69(74)63-59-55-51-47-43-39-35-20-18-16-14-12-10-8-6-4-2/h14,16,20,35,66-67,71-72H,3-13,15,17-19,21-34,36-65H2,1-2H3,(H,70,73)/b16-14-,35-20-. The smallest absolute Gasteiger partial charge is 0.305 e. The molecule has 0 aliphatic heterocycles. The number of amides is 1. The Bertz CT molecular complexity index is 1170. The maximum atomic E-state index is 12.5. The van der Waals surface area contributed by atoms with Gasteiger partial charge >= 0.3 is 5.97 Å². The fraction of sp³-hybridized carbons (Fsp3) is 0.913. The molecule has 0 aliphatic carbocycles. The zero-order chi connectivity index (χ0) is 54.3. The van der Waals surface area contributed by atoms with E-state index in [2.05, 4.69) is 43.5 Å². The van der Waals surface area contributed by atoms with Crippen molar-refractivity contribution in [3.05, 3.63) is 24.3 Å². The number of ether oxygens (including phenoxy) is 1.